The molecule has 3 nitrogen and oxygen atoms in total. The van der Waals surface area contributed by atoms with Gasteiger partial charge in [-0.1, -0.05) is 20.8 Å². The summed E-state index contributed by atoms with van der Waals surface area (Å²) in [6, 6.07) is 4.72. The first-order chi connectivity index (χ1) is 9.60. The van der Waals surface area contributed by atoms with Crippen LogP contribution in [0.15, 0.2) is 24.5 Å². The number of nitrogens with one attached hydrogen (secondary N) is 1. The molecule has 2 rings (SSSR count). The average Bonchev–Trinajstić information content (AvgIpc) is 2.93. The van der Waals surface area contributed by atoms with Crippen molar-refractivity contribution in [2.24, 2.45) is 0 Å². The van der Waals surface area contributed by atoms with Crippen molar-refractivity contribution in [2.45, 2.75) is 65.3 Å². The van der Waals surface area contributed by atoms with Crippen LogP contribution in [0.5, 0.6) is 0 Å². The van der Waals surface area contributed by atoms with Crippen molar-refractivity contribution in [1.82, 2.24) is 4.90 Å². The normalized spacial score (nSPS) is 17.4. The SMILES string of the molecule is CCC(C)N1CCCC1=O.CCC(C)c1cc[nH+]cc1. The van der Waals surface area contributed by atoms with E-state index in [1.165, 1.54) is 12.0 Å². The Bertz CT molecular complexity index is 391. The van der Waals surface area contributed by atoms with Crippen molar-refractivity contribution in [2.75, 3.05) is 6.54 Å². The lowest BCUT2D eigenvalue weighted by Crippen LogP contribution is -2.33. The molecular formula is C17H29N2O+. The van der Waals surface area contributed by atoms with Crippen LogP contribution in [0.4, 0.5) is 0 Å². The van der Waals surface area contributed by atoms with Crippen LogP contribution in [0, 0.1) is 0 Å². The van der Waals surface area contributed by atoms with E-state index in [2.05, 4.69) is 44.8 Å². The number of pyridine rings is 1. The molecule has 1 N–H and O–H groups in total. The number of rotatable bonds is 4. The van der Waals surface area contributed by atoms with Crippen LogP contribution in [0.1, 0.15) is 64.9 Å². The molecular weight excluding hydrogens is 248 g/mol. The molecule has 1 saturated heterocycles. The van der Waals surface area contributed by atoms with Gasteiger partial charge in [-0.25, -0.2) is 4.98 Å². The third-order valence-corrected chi connectivity index (χ3v) is 4.16. The number of hydrogen-bond donors (Lipinski definition) is 0. The second-order valence-corrected chi connectivity index (χ2v) is 5.59. The van der Waals surface area contributed by atoms with Crippen LogP contribution in [-0.4, -0.2) is 23.4 Å². The van der Waals surface area contributed by atoms with E-state index in [1.54, 1.807) is 0 Å². The van der Waals surface area contributed by atoms with Gasteiger partial charge >= 0.3 is 0 Å². The van der Waals surface area contributed by atoms with E-state index in [9.17, 15) is 4.79 Å². The van der Waals surface area contributed by atoms with Gasteiger partial charge in [-0.3, -0.25) is 4.79 Å². The van der Waals surface area contributed by atoms with E-state index in [0.717, 1.165) is 25.8 Å². The van der Waals surface area contributed by atoms with Crippen molar-refractivity contribution in [3.63, 3.8) is 0 Å². The lowest BCUT2D eigenvalue weighted by molar-refractivity contribution is -0.378. The summed E-state index contributed by atoms with van der Waals surface area (Å²) in [4.78, 5) is 16.1. The molecule has 1 aliphatic rings. The molecule has 1 aromatic rings. The number of hydrogen-bond acceptors (Lipinski definition) is 1. The van der Waals surface area contributed by atoms with Gasteiger partial charge < -0.3 is 4.90 Å². The summed E-state index contributed by atoms with van der Waals surface area (Å²) in [6.07, 6.45) is 8.06. The van der Waals surface area contributed by atoms with E-state index < -0.39 is 0 Å². The second kappa shape index (κ2) is 8.72. The number of nitrogens with zero attached hydrogens (tertiary/aromatic N) is 1. The zero-order chi connectivity index (χ0) is 15.0. The molecule has 0 spiro atoms. The Balaban J connectivity index is 0.000000200. The van der Waals surface area contributed by atoms with Crippen LogP contribution >= 0.6 is 0 Å². The summed E-state index contributed by atoms with van der Waals surface area (Å²) in [5.41, 5.74) is 1.42. The summed E-state index contributed by atoms with van der Waals surface area (Å²) in [5.74, 6) is 1.03. The Labute approximate surface area is 123 Å². The molecule has 2 atom stereocenters. The van der Waals surface area contributed by atoms with Crippen LogP contribution in [0.2, 0.25) is 0 Å². The van der Waals surface area contributed by atoms with Crippen molar-refractivity contribution < 1.29 is 9.78 Å². The highest BCUT2D eigenvalue weighted by Gasteiger charge is 2.23. The van der Waals surface area contributed by atoms with Crippen molar-refractivity contribution >= 4 is 5.91 Å². The lowest BCUT2D eigenvalue weighted by atomic mass is 10.0. The van der Waals surface area contributed by atoms with Gasteiger partial charge in [0.15, 0.2) is 12.4 Å². The van der Waals surface area contributed by atoms with Gasteiger partial charge in [-0.2, -0.15) is 0 Å². The fraction of sp³-hybridized carbons (Fsp3) is 0.647. The van der Waals surface area contributed by atoms with Crippen molar-refractivity contribution in [1.29, 1.82) is 0 Å². The second-order valence-electron chi connectivity index (χ2n) is 5.59. The van der Waals surface area contributed by atoms with Gasteiger partial charge in [0, 0.05) is 31.1 Å². The molecule has 2 heterocycles. The number of carbonyl (C=O) groups is 1. The Morgan fingerprint density at radius 3 is 2.30 bits per heavy atom. The fourth-order valence-electron chi connectivity index (χ4n) is 2.32. The number of aromatic nitrogens is 1. The maximum absolute atomic E-state index is 11.1. The molecule has 0 aliphatic carbocycles. The Kier molecular flexibility index (Phi) is 7.27. The monoisotopic (exact) mass is 277 g/mol. The van der Waals surface area contributed by atoms with Gasteiger partial charge in [0.25, 0.3) is 0 Å². The van der Waals surface area contributed by atoms with Crippen LogP contribution in [0.25, 0.3) is 0 Å². The van der Waals surface area contributed by atoms with Crippen LogP contribution in [-0.2, 0) is 4.79 Å². The van der Waals surface area contributed by atoms with Crippen LogP contribution in [0.3, 0.4) is 0 Å². The molecule has 3 heteroatoms. The van der Waals surface area contributed by atoms with Gasteiger partial charge in [0.05, 0.1) is 0 Å². The minimum absolute atomic E-state index is 0.342. The minimum Gasteiger partial charge on any atom is -0.340 e. The molecule has 0 bridgehead atoms. The molecule has 2 unspecified atom stereocenters. The first-order valence-corrected chi connectivity index (χ1v) is 7.85. The first kappa shape index (κ1) is 16.7. The van der Waals surface area contributed by atoms with E-state index in [1.807, 2.05) is 17.3 Å². The van der Waals surface area contributed by atoms with Gasteiger partial charge in [0.1, 0.15) is 0 Å². The third-order valence-electron chi connectivity index (χ3n) is 4.16. The number of aromatic amines is 1. The Hall–Kier alpha value is -1.38. The summed E-state index contributed by atoms with van der Waals surface area (Å²) in [7, 11) is 0. The minimum atomic E-state index is 0.342. The summed E-state index contributed by atoms with van der Waals surface area (Å²) < 4.78 is 0. The molecule has 112 valence electrons. The predicted molar refractivity (Wildman–Crippen MR) is 82.4 cm³/mol. The summed E-state index contributed by atoms with van der Waals surface area (Å²) >= 11 is 0. The first-order valence-electron chi connectivity index (χ1n) is 7.85. The molecule has 0 aromatic carbocycles. The maximum atomic E-state index is 11.1. The van der Waals surface area contributed by atoms with Gasteiger partial charge in [0.2, 0.25) is 5.91 Å². The lowest BCUT2D eigenvalue weighted by Gasteiger charge is -2.22. The van der Waals surface area contributed by atoms with E-state index in [-0.39, 0.29) is 0 Å². The van der Waals surface area contributed by atoms with E-state index in [4.69, 9.17) is 0 Å². The third kappa shape index (κ3) is 4.95. The molecule has 20 heavy (non-hydrogen) atoms. The largest absolute Gasteiger partial charge is 0.340 e. The standard InChI is InChI=1S/C9H13N.C8H15NO/c1-3-8(2)9-4-6-10-7-5-9;1-3-7(2)9-6-4-5-8(9)10/h4-8H,3H2,1-2H3;7H,3-6H2,1-2H3/p+1. The number of carbonyl (C=O) groups excluding carboxylic acids is 1. The maximum Gasteiger partial charge on any atom is 0.222 e. The number of amides is 1. The summed E-state index contributed by atoms with van der Waals surface area (Å²) in [5, 5.41) is 0. The van der Waals surface area contributed by atoms with Crippen molar-refractivity contribution in [3.05, 3.63) is 30.1 Å². The van der Waals surface area contributed by atoms with E-state index >= 15 is 0 Å². The Morgan fingerprint density at radius 2 is 1.85 bits per heavy atom. The van der Waals surface area contributed by atoms with Gasteiger partial charge in [-0.05, 0) is 37.7 Å². The summed E-state index contributed by atoms with van der Waals surface area (Å²) in [6.45, 7) is 9.67. The quantitative estimate of drug-likeness (QED) is 0.830. The fourth-order valence-corrected chi connectivity index (χ4v) is 2.32. The number of likely N-dealkylation sites (tertiary alicyclic amines) is 1. The van der Waals surface area contributed by atoms with E-state index in [0.29, 0.717) is 17.9 Å². The average molecular weight is 277 g/mol. The molecule has 0 radical (unpaired) electrons. The highest BCUT2D eigenvalue weighted by Crippen LogP contribution is 2.16. The molecule has 1 amide bonds. The topological polar surface area (TPSA) is 34.5 Å². The van der Waals surface area contributed by atoms with Crippen LogP contribution < -0.4 is 4.98 Å². The molecule has 1 aliphatic heterocycles. The number of H-pyrrole nitrogens is 1. The zero-order valence-corrected chi connectivity index (χ0v) is 13.4. The molecule has 1 fully saturated rings. The van der Waals surface area contributed by atoms with Crippen molar-refractivity contribution in [3.8, 4) is 0 Å². The highest BCUT2D eigenvalue weighted by atomic mass is 16.2. The smallest absolute Gasteiger partial charge is 0.222 e. The van der Waals surface area contributed by atoms with Gasteiger partial charge in [-0.15, -0.1) is 0 Å². The predicted octanol–water partition coefficient (Wildman–Crippen LogP) is 3.42. The Morgan fingerprint density at radius 1 is 1.20 bits per heavy atom. The zero-order valence-electron chi connectivity index (χ0n) is 13.4. The molecule has 0 saturated carbocycles. The molecule has 1 aromatic heterocycles. The highest BCUT2D eigenvalue weighted by molar-refractivity contribution is 5.78.